The van der Waals surface area contributed by atoms with Crippen molar-refractivity contribution in [3.63, 3.8) is 0 Å². The molecule has 124 valence electrons. The van der Waals surface area contributed by atoms with Crippen LogP contribution in [0.15, 0.2) is 47.3 Å². The van der Waals surface area contributed by atoms with E-state index in [-0.39, 0.29) is 11.1 Å². The smallest absolute Gasteiger partial charge is 0.335 e. The summed E-state index contributed by atoms with van der Waals surface area (Å²) in [4.78, 5) is 28.5. The summed E-state index contributed by atoms with van der Waals surface area (Å²) < 4.78 is 1.23. The molecule has 2 heterocycles. The van der Waals surface area contributed by atoms with Gasteiger partial charge in [-0.05, 0) is 42.8 Å². The van der Waals surface area contributed by atoms with Gasteiger partial charge in [-0.1, -0.05) is 23.5 Å². The summed E-state index contributed by atoms with van der Waals surface area (Å²) in [6, 6.07) is 12.0. The van der Waals surface area contributed by atoms with Crippen LogP contribution in [0.1, 0.15) is 15.9 Å². The van der Waals surface area contributed by atoms with E-state index >= 15 is 0 Å². The quantitative estimate of drug-likeness (QED) is 0.588. The second-order valence-corrected chi connectivity index (χ2v) is 6.51. The molecule has 0 spiro atoms. The van der Waals surface area contributed by atoms with Crippen LogP contribution in [0.3, 0.4) is 0 Å². The Labute approximate surface area is 145 Å². The second kappa shape index (κ2) is 5.67. The topological polar surface area (TPSA) is 96.6 Å². The third-order valence-corrected chi connectivity index (χ3v) is 4.54. The summed E-state index contributed by atoms with van der Waals surface area (Å²) in [6.45, 7) is 1.99. The Morgan fingerprint density at radius 1 is 1.24 bits per heavy atom. The number of hydrogen-bond donors (Lipinski definition) is 2. The summed E-state index contributed by atoms with van der Waals surface area (Å²) in [5, 5.41) is 17.4. The lowest BCUT2D eigenvalue weighted by atomic mass is 10.1. The Kier molecular flexibility index (Phi) is 3.47. The van der Waals surface area contributed by atoms with Crippen LogP contribution in [0.25, 0.3) is 15.9 Å². The van der Waals surface area contributed by atoms with Crippen molar-refractivity contribution in [3.05, 3.63) is 63.9 Å². The van der Waals surface area contributed by atoms with Crippen molar-refractivity contribution in [1.82, 2.24) is 14.6 Å². The molecule has 25 heavy (non-hydrogen) atoms. The molecule has 0 saturated carbocycles. The fourth-order valence-electron chi connectivity index (χ4n) is 2.54. The van der Waals surface area contributed by atoms with E-state index in [9.17, 15) is 9.59 Å². The first-order valence-corrected chi connectivity index (χ1v) is 8.23. The maximum absolute atomic E-state index is 12.6. The van der Waals surface area contributed by atoms with E-state index in [4.69, 9.17) is 5.11 Å². The minimum atomic E-state index is -1.06. The highest BCUT2D eigenvalue weighted by Gasteiger charge is 2.13. The molecule has 0 radical (unpaired) electrons. The van der Waals surface area contributed by atoms with Crippen LogP contribution in [0.5, 0.6) is 0 Å². The van der Waals surface area contributed by atoms with Crippen molar-refractivity contribution in [3.8, 4) is 0 Å². The van der Waals surface area contributed by atoms with E-state index in [2.05, 4.69) is 15.4 Å². The first kappa shape index (κ1) is 15.3. The number of aromatic nitrogens is 3. The number of nitrogens with one attached hydrogen (secondary N) is 1. The van der Waals surface area contributed by atoms with E-state index in [0.29, 0.717) is 21.0 Å². The Morgan fingerprint density at radius 3 is 2.84 bits per heavy atom. The fraction of sp³-hybridized carbons (Fsp3) is 0.0588. The van der Waals surface area contributed by atoms with Gasteiger partial charge in [0.2, 0.25) is 10.1 Å². The van der Waals surface area contributed by atoms with Crippen LogP contribution in [0, 0.1) is 6.92 Å². The van der Waals surface area contributed by atoms with Gasteiger partial charge in [-0.3, -0.25) is 4.79 Å². The van der Waals surface area contributed by atoms with Gasteiger partial charge in [0.25, 0.3) is 5.56 Å². The monoisotopic (exact) mass is 352 g/mol. The number of carboxylic acid groups (broad SMARTS) is 1. The van der Waals surface area contributed by atoms with Gasteiger partial charge >= 0.3 is 5.97 Å². The molecular formula is C17H12N4O3S. The summed E-state index contributed by atoms with van der Waals surface area (Å²) in [5.74, 6) is -1.06. The van der Waals surface area contributed by atoms with Crippen LogP contribution in [0.2, 0.25) is 0 Å². The summed E-state index contributed by atoms with van der Waals surface area (Å²) in [6.07, 6.45) is 0. The molecule has 0 bridgehead atoms. The molecule has 2 N–H and O–H groups in total. The molecule has 0 unspecified atom stereocenters. The Bertz CT molecular complexity index is 1200. The van der Waals surface area contributed by atoms with Crippen LogP contribution >= 0.6 is 11.3 Å². The van der Waals surface area contributed by atoms with Crippen molar-refractivity contribution in [2.45, 2.75) is 6.92 Å². The van der Waals surface area contributed by atoms with Gasteiger partial charge in [0.05, 0.1) is 16.5 Å². The van der Waals surface area contributed by atoms with E-state index in [1.54, 1.807) is 0 Å². The zero-order valence-corrected chi connectivity index (χ0v) is 13.9. The predicted molar refractivity (Wildman–Crippen MR) is 96.1 cm³/mol. The first-order valence-electron chi connectivity index (χ1n) is 7.42. The molecule has 0 amide bonds. The number of fused-ring (bicyclic) bond motifs is 2. The largest absolute Gasteiger partial charge is 0.478 e. The molecule has 0 aliphatic rings. The maximum atomic E-state index is 12.6. The van der Waals surface area contributed by atoms with Gasteiger partial charge in [0.1, 0.15) is 0 Å². The number of carboxylic acids is 1. The SMILES string of the molecule is Cc1cccc(Nc2nn3c(=O)c4ccc(C(=O)O)cc4nc3s2)c1. The van der Waals surface area contributed by atoms with E-state index < -0.39 is 5.97 Å². The summed E-state index contributed by atoms with van der Waals surface area (Å²) in [5.41, 5.74) is 2.07. The molecular weight excluding hydrogens is 340 g/mol. The fourth-order valence-corrected chi connectivity index (χ4v) is 3.36. The third kappa shape index (κ3) is 2.72. The second-order valence-electron chi connectivity index (χ2n) is 5.55. The highest BCUT2D eigenvalue weighted by molar-refractivity contribution is 7.20. The van der Waals surface area contributed by atoms with Crippen LogP contribution in [-0.2, 0) is 0 Å². The van der Waals surface area contributed by atoms with Gasteiger partial charge in [0, 0.05) is 5.69 Å². The van der Waals surface area contributed by atoms with Gasteiger partial charge in [-0.2, -0.15) is 4.52 Å². The van der Waals surface area contributed by atoms with E-state index in [0.717, 1.165) is 11.3 Å². The van der Waals surface area contributed by atoms with E-state index in [1.807, 2.05) is 31.2 Å². The third-order valence-electron chi connectivity index (χ3n) is 3.71. The Hall–Kier alpha value is -3.26. The number of aromatic carboxylic acids is 1. The average molecular weight is 352 g/mol. The van der Waals surface area contributed by atoms with E-state index in [1.165, 1.54) is 34.1 Å². The zero-order chi connectivity index (χ0) is 17.6. The number of aryl methyl sites for hydroxylation is 1. The number of rotatable bonds is 3. The molecule has 0 fully saturated rings. The molecule has 0 atom stereocenters. The zero-order valence-electron chi connectivity index (χ0n) is 13.1. The first-order chi connectivity index (χ1) is 12.0. The predicted octanol–water partition coefficient (Wildman–Crippen LogP) is 3.05. The lowest BCUT2D eigenvalue weighted by molar-refractivity contribution is 0.0697. The molecule has 0 saturated heterocycles. The highest BCUT2D eigenvalue weighted by atomic mass is 32.1. The number of nitrogens with zero attached hydrogens (tertiary/aromatic N) is 3. The molecule has 0 aliphatic carbocycles. The highest BCUT2D eigenvalue weighted by Crippen LogP contribution is 2.23. The van der Waals surface area contributed by atoms with Crippen LogP contribution in [-0.4, -0.2) is 25.7 Å². The molecule has 7 nitrogen and oxygen atoms in total. The lowest BCUT2D eigenvalue weighted by Gasteiger charge is -2.01. The summed E-state index contributed by atoms with van der Waals surface area (Å²) >= 11 is 1.22. The molecule has 2 aromatic heterocycles. The molecule has 0 aliphatic heterocycles. The normalized spacial score (nSPS) is 11.1. The minimum Gasteiger partial charge on any atom is -0.478 e. The standard InChI is InChI=1S/C17H12N4O3S/c1-9-3-2-4-11(7-9)18-16-20-21-14(22)12-6-5-10(15(23)24)8-13(12)19-17(21)25-16/h2-8H,1H3,(H,18,20)(H,23,24). The minimum absolute atomic E-state index is 0.0892. The maximum Gasteiger partial charge on any atom is 0.335 e. The molecule has 2 aromatic carbocycles. The Balaban J connectivity index is 1.84. The van der Waals surface area contributed by atoms with Crippen molar-refractivity contribution < 1.29 is 9.90 Å². The van der Waals surface area contributed by atoms with Crippen LogP contribution < -0.4 is 10.9 Å². The lowest BCUT2D eigenvalue weighted by Crippen LogP contribution is -2.15. The molecule has 8 heteroatoms. The number of benzene rings is 2. The van der Waals surface area contributed by atoms with Gasteiger partial charge < -0.3 is 10.4 Å². The van der Waals surface area contributed by atoms with Gasteiger partial charge in [-0.25, -0.2) is 9.78 Å². The number of hydrogen-bond acceptors (Lipinski definition) is 6. The Morgan fingerprint density at radius 2 is 2.08 bits per heavy atom. The van der Waals surface area contributed by atoms with Gasteiger partial charge in [0.15, 0.2) is 0 Å². The van der Waals surface area contributed by atoms with Gasteiger partial charge in [-0.15, -0.1) is 5.10 Å². The molecule has 4 aromatic rings. The van der Waals surface area contributed by atoms with Crippen molar-refractivity contribution >= 4 is 44.0 Å². The van der Waals surface area contributed by atoms with Crippen molar-refractivity contribution in [1.29, 1.82) is 0 Å². The van der Waals surface area contributed by atoms with Crippen molar-refractivity contribution in [2.24, 2.45) is 0 Å². The number of carbonyl (C=O) groups is 1. The van der Waals surface area contributed by atoms with Crippen LogP contribution in [0.4, 0.5) is 10.8 Å². The van der Waals surface area contributed by atoms with Crippen molar-refractivity contribution in [2.75, 3.05) is 5.32 Å². The number of anilines is 2. The average Bonchev–Trinajstić information content (AvgIpc) is 2.97. The summed E-state index contributed by atoms with van der Waals surface area (Å²) in [7, 11) is 0. The molecule has 4 rings (SSSR count).